The Morgan fingerprint density at radius 3 is 2.85 bits per heavy atom. The molecular formula is C16H19ClN2O. The van der Waals surface area contributed by atoms with E-state index in [4.69, 9.17) is 11.6 Å². The third kappa shape index (κ3) is 2.95. The maximum absolute atomic E-state index is 9.20. The fourth-order valence-corrected chi connectivity index (χ4v) is 3.17. The van der Waals surface area contributed by atoms with E-state index in [1.165, 1.54) is 5.56 Å². The largest absolute Gasteiger partial charge is 0.396 e. The van der Waals surface area contributed by atoms with E-state index in [-0.39, 0.29) is 0 Å². The van der Waals surface area contributed by atoms with Gasteiger partial charge in [-0.25, -0.2) is 0 Å². The van der Waals surface area contributed by atoms with E-state index in [0.717, 1.165) is 48.4 Å². The lowest BCUT2D eigenvalue weighted by Crippen LogP contribution is -2.34. The lowest BCUT2D eigenvalue weighted by molar-refractivity contribution is 0.127. The van der Waals surface area contributed by atoms with Gasteiger partial charge in [0.25, 0.3) is 0 Å². The number of rotatable bonds is 3. The Kier molecular flexibility index (Phi) is 4.20. The summed E-state index contributed by atoms with van der Waals surface area (Å²) in [5, 5.41) is 11.1. The van der Waals surface area contributed by atoms with Gasteiger partial charge < -0.3 is 5.11 Å². The Hall–Kier alpha value is -1.16. The Morgan fingerprint density at radius 2 is 2.10 bits per heavy atom. The Bertz CT molecular complexity index is 594. The summed E-state index contributed by atoms with van der Waals surface area (Å²) in [7, 11) is 0. The van der Waals surface area contributed by atoms with Crippen LogP contribution in [0.3, 0.4) is 0 Å². The van der Waals surface area contributed by atoms with Crippen LogP contribution in [0.2, 0.25) is 5.02 Å². The van der Waals surface area contributed by atoms with Crippen LogP contribution in [0.1, 0.15) is 18.4 Å². The molecule has 2 heterocycles. The summed E-state index contributed by atoms with van der Waals surface area (Å²) < 4.78 is 0. The number of pyridine rings is 1. The molecule has 1 N–H and O–H groups in total. The van der Waals surface area contributed by atoms with Crippen LogP contribution in [0.4, 0.5) is 0 Å². The van der Waals surface area contributed by atoms with Crippen molar-refractivity contribution < 1.29 is 5.11 Å². The van der Waals surface area contributed by atoms with Gasteiger partial charge >= 0.3 is 0 Å². The number of hydrogen-bond donors (Lipinski definition) is 1. The number of likely N-dealkylation sites (tertiary alicyclic amines) is 1. The number of halogens is 1. The molecule has 106 valence electrons. The Balaban J connectivity index is 1.81. The zero-order chi connectivity index (χ0) is 13.9. The lowest BCUT2D eigenvalue weighted by Gasteiger charge is -2.31. The fourth-order valence-electron chi connectivity index (χ4n) is 2.92. The van der Waals surface area contributed by atoms with Gasteiger partial charge in [-0.3, -0.25) is 9.88 Å². The van der Waals surface area contributed by atoms with Crippen LogP contribution in [0.15, 0.2) is 30.5 Å². The van der Waals surface area contributed by atoms with E-state index in [1.54, 1.807) is 0 Å². The van der Waals surface area contributed by atoms with Crippen molar-refractivity contribution in [2.45, 2.75) is 19.4 Å². The van der Waals surface area contributed by atoms with Gasteiger partial charge in [0.05, 0.1) is 5.52 Å². The first-order valence-electron chi connectivity index (χ1n) is 7.12. The van der Waals surface area contributed by atoms with Crippen LogP contribution in [0.25, 0.3) is 10.9 Å². The molecule has 4 heteroatoms. The van der Waals surface area contributed by atoms with Crippen LogP contribution in [-0.4, -0.2) is 34.7 Å². The molecule has 0 atom stereocenters. The summed E-state index contributed by atoms with van der Waals surface area (Å²) in [5.74, 6) is 0.473. The minimum absolute atomic E-state index is 0.315. The van der Waals surface area contributed by atoms with Gasteiger partial charge in [-0.05, 0) is 55.6 Å². The molecule has 0 bridgehead atoms. The smallest absolute Gasteiger partial charge is 0.0747 e. The number of fused-ring (bicyclic) bond motifs is 1. The van der Waals surface area contributed by atoms with Crippen molar-refractivity contribution in [2.24, 2.45) is 5.92 Å². The van der Waals surface area contributed by atoms with Crippen molar-refractivity contribution in [3.05, 3.63) is 41.0 Å². The SMILES string of the molecule is OCC1CCN(Cc2cc(Cl)cc3cccnc23)CC1. The van der Waals surface area contributed by atoms with E-state index >= 15 is 0 Å². The average Bonchev–Trinajstić information content (AvgIpc) is 2.48. The van der Waals surface area contributed by atoms with Crippen molar-refractivity contribution in [1.29, 1.82) is 0 Å². The maximum Gasteiger partial charge on any atom is 0.0747 e. The summed E-state index contributed by atoms with van der Waals surface area (Å²) >= 11 is 6.21. The van der Waals surface area contributed by atoms with Gasteiger partial charge in [-0.1, -0.05) is 17.7 Å². The van der Waals surface area contributed by atoms with Crippen molar-refractivity contribution >= 4 is 22.5 Å². The third-order valence-electron chi connectivity index (χ3n) is 4.11. The van der Waals surface area contributed by atoms with E-state index in [1.807, 2.05) is 24.4 Å². The van der Waals surface area contributed by atoms with Crippen molar-refractivity contribution in [3.8, 4) is 0 Å². The first-order valence-corrected chi connectivity index (χ1v) is 7.50. The molecule has 1 fully saturated rings. The predicted octanol–water partition coefficient (Wildman–Crippen LogP) is 3.09. The van der Waals surface area contributed by atoms with Crippen LogP contribution >= 0.6 is 11.6 Å². The molecule has 1 aliphatic heterocycles. The van der Waals surface area contributed by atoms with E-state index in [2.05, 4.69) is 16.0 Å². The molecule has 1 aliphatic rings. The normalized spacial score (nSPS) is 17.7. The summed E-state index contributed by atoms with van der Waals surface area (Å²) in [4.78, 5) is 6.92. The highest BCUT2D eigenvalue weighted by Gasteiger charge is 2.19. The van der Waals surface area contributed by atoms with Crippen molar-refractivity contribution in [3.63, 3.8) is 0 Å². The van der Waals surface area contributed by atoms with Gasteiger partial charge in [0.1, 0.15) is 0 Å². The highest BCUT2D eigenvalue weighted by atomic mass is 35.5. The summed E-state index contributed by atoms with van der Waals surface area (Å²) in [5.41, 5.74) is 2.23. The highest BCUT2D eigenvalue weighted by molar-refractivity contribution is 6.31. The zero-order valence-corrected chi connectivity index (χ0v) is 12.2. The van der Waals surface area contributed by atoms with Gasteiger partial charge in [-0.2, -0.15) is 0 Å². The fraction of sp³-hybridized carbons (Fsp3) is 0.438. The standard InChI is InChI=1S/C16H19ClN2O/c17-15-8-13-2-1-5-18-16(13)14(9-15)10-19-6-3-12(11-20)4-7-19/h1-2,5,8-9,12,20H,3-4,6-7,10-11H2. The molecule has 1 aromatic heterocycles. The summed E-state index contributed by atoms with van der Waals surface area (Å²) in [6.45, 7) is 3.26. The molecule has 1 saturated heterocycles. The van der Waals surface area contributed by atoms with E-state index in [0.29, 0.717) is 12.5 Å². The third-order valence-corrected chi connectivity index (χ3v) is 4.33. The minimum atomic E-state index is 0.315. The Labute approximate surface area is 124 Å². The van der Waals surface area contributed by atoms with E-state index < -0.39 is 0 Å². The van der Waals surface area contributed by atoms with Crippen LogP contribution in [0, 0.1) is 5.92 Å². The molecule has 0 spiro atoms. The van der Waals surface area contributed by atoms with Crippen LogP contribution in [0.5, 0.6) is 0 Å². The molecule has 0 saturated carbocycles. The lowest BCUT2D eigenvalue weighted by atomic mass is 9.97. The molecule has 3 nitrogen and oxygen atoms in total. The molecule has 3 rings (SSSR count). The number of hydrogen-bond acceptors (Lipinski definition) is 3. The molecular weight excluding hydrogens is 272 g/mol. The number of aliphatic hydroxyl groups excluding tert-OH is 1. The second-order valence-corrected chi connectivity index (χ2v) is 5.98. The second-order valence-electron chi connectivity index (χ2n) is 5.54. The predicted molar refractivity (Wildman–Crippen MR) is 81.8 cm³/mol. The number of aliphatic hydroxyl groups is 1. The molecule has 0 radical (unpaired) electrons. The molecule has 0 unspecified atom stereocenters. The monoisotopic (exact) mass is 290 g/mol. The molecule has 1 aromatic carbocycles. The molecule has 0 aliphatic carbocycles. The number of piperidine rings is 1. The van der Waals surface area contributed by atoms with Gasteiger partial charge in [0, 0.05) is 29.8 Å². The zero-order valence-electron chi connectivity index (χ0n) is 11.4. The van der Waals surface area contributed by atoms with Crippen LogP contribution < -0.4 is 0 Å². The van der Waals surface area contributed by atoms with Gasteiger partial charge in [0.2, 0.25) is 0 Å². The molecule has 2 aromatic rings. The van der Waals surface area contributed by atoms with Crippen LogP contribution in [-0.2, 0) is 6.54 Å². The van der Waals surface area contributed by atoms with Gasteiger partial charge in [0.15, 0.2) is 0 Å². The molecule has 20 heavy (non-hydrogen) atoms. The topological polar surface area (TPSA) is 36.4 Å². The number of aromatic nitrogens is 1. The minimum Gasteiger partial charge on any atom is -0.396 e. The first kappa shape index (κ1) is 13.8. The summed E-state index contributed by atoms with van der Waals surface area (Å²) in [6.07, 6.45) is 3.97. The van der Waals surface area contributed by atoms with Gasteiger partial charge in [-0.15, -0.1) is 0 Å². The quantitative estimate of drug-likeness (QED) is 0.944. The molecule has 0 amide bonds. The average molecular weight is 291 g/mol. The number of nitrogens with zero attached hydrogens (tertiary/aromatic N) is 2. The number of benzene rings is 1. The summed E-state index contributed by atoms with van der Waals surface area (Å²) in [6, 6.07) is 7.98. The first-order chi connectivity index (χ1) is 9.76. The Morgan fingerprint density at radius 1 is 1.30 bits per heavy atom. The highest BCUT2D eigenvalue weighted by Crippen LogP contribution is 2.25. The second kappa shape index (κ2) is 6.08. The van der Waals surface area contributed by atoms with Crippen molar-refractivity contribution in [2.75, 3.05) is 19.7 Å². The van der Waals surface area contributed by atoms with Crippen molar-refractivity contribution in [1.82, 2.24) is 9.88 Å². The van der Waals surface area contributed by atoms with E-state index in [9.17, 15) is 5.11 Å². The maximum atomic E-state index is 9.20.